The van der Waals surface area contributed by atoms with Crippen molar-refractivity contribution in [2.45, 2.75) is 32.9 Å². The van der Waals surface area contributed by atoms with Crippen LogP contribution in [-0.4, -0.2) is 46.9 Å². The lowest BCUT2D eigenvalue weighted by atomic mass is 9.58. The fourth-order valence-corrected chi connectivity index (χ4v) is 5.06. The van der Waals surface area contributed by atoms with Gasteiger partial charge in [0.15, 0.2) is 0 Å². The van der Waals surface area contributed by atoms with Crippen LogP contribution in [0.4, 0.5) is 0 Å². The van der Waals surface area contributed by atoms with Gasteiger partial charge in [-0.1, -0.05) is 32.0 Å². The third kappa shape index (κ3) is 1.62. The van der Waals surface area contributed by atoms with Crippen molar-refractivity contribution in [3.8, 4) is 5.75 Å². The van der Waals surface area contributed by atoms with Crippen LogP contribution in [0.3, 0.4) is 0 Å². The molecule has 0 spiro atoms. The van der Waals surface area contributed by atoms with E-state index in [2.05, 4.69) is 23.6 Å². The first-order valence-corrected chi connectivity index (χ1v) is 8.36. The Morgan fingerprint density at radius 2 is 1.55 bits per heavy atom. The third-order valence-corrected chi connectivity index (χ3v) is 6.25. The molecule has 4 fully saturated rings. The zero-order valence-electron chi connectivity index (χ0n) is 13.4. The summed E-state index contributed by atoms with van der Waals surface area (Å²) in [6.45, 7) is 7.62. The number of nitrogens with zero attached hydrogens (tertiary/aromatic N) is 2. The van der Waals surface area contributed by atoms with E-state index >= 15 is 0 Å². The SMILES string of the molecule is CCC12CN3CC(CC)(CN(C1)C3c1ccccc1O)C2=O. The summed E-state index contributed by atoms with van der Waals surface area (Å²) in [5.41, 5.74) is 0.576. The second-order valence-electron chi connectivity index (χ2n) is 7.34. The van der Waals surface area contributed by atoms with E-state index in [1.807, 2.05) is 18.2 Å². The molecule has 4 aliphatic rings. The topological polar surface area (TPSA) is 43.8 Å². The van der Waals surface area contributed by atoms with Gasteiger partial charge in [-0.15, -0.1) is 0 Å². The lowest BCUT2D eigenvalue weighted by Gasteiger charge is -2.66. The van der Waals surface area contributed by atoms with E-state index in [9.17, 15) is 9.90 Å². The van der Waals surface area contributed by atoms with Gasteiger partial charge in [-0.2, -0.15) is 0 Å². The first-order chi connectivity index (χ1) is 10.6. The number of piperidine rings is 2. The number of carbonyl (C=O) groups excluding carboxylic acids is 1. The van der Waals surface area contributed by atoms with Crippen molar-refractivity contribution < 1.29 is 9.90 Å². The fraction of sp³-hybridized carbons (Fsp3) is 0.611. The molecule has 1 N–H and O–H groups in total. The fourth-order valence-electron chi connectivity index (χ4n) is 5.06. The average Bonchev–Trinajstić information content (AvgIpc) is 2.52. The molecule has 1 aromatic carbocycles. The highest BCUT2D eigenvalue weighted by Crippen LogP contribution is 2.55. The van der Waals surface area contributed by atoms with E-state index < -0.39 is 0 Å². The highest BCUT2D eigenvalue weighted by molar-refractivity contribution is 5.93. The Labute approximate surface area is 131 Å². The summed E-state index contributed by atoms with van der Waals surface area (Å²) in [7, 11) is 0. The molecule has 0 atom stereocenters. The monoisotopic (exact) mass is 300 g/mol. The van der Waals surface area contributed by atoms with Gasteiger partial charge < -0.3 is 5.11 Å². The third-order valence-electron chi connectivity index (χ3n) is 6.25. The molecule has 4 heteroatoms. The Morgan fingerprint density at radius 1 is 1.05 bits per heavy atom. The number of carbonyl (C=O) groups is 1. The van der Waals surface area contributed by atoms with Gasteiger partial charge in [-0.3, -0.25) is 14.6 Å². The van der Waals surface area contributed by atoms with Gasteiger partial charge in [0.25, 0.3) is 0 Å². The molecule has 4 bridgehead atoms. The molecule has 22 heavy (non-hydrogen) atoms. The Kier molecular flexibility index (Phi) is 2.94. The molecule has 4 heterocycles. The predicted octanol–water partition coefficient (Wildman–Crippen LogP) is 2.40. The smallest absolute Gasteiger partial charge is 0.150 e. The molecule has 0 aromatic heterocycles. The zero-order valence-corrected chi connectivity index (χ0v) is 13.4. The highest BCUT2D eigenvalue weighted by Gasteiger charge is 2.64. The Bertz CT molecular complexity index is 585. The van der Waals surface area contributed by atoms with Crippen LogP contribution in [0.15, 0.2) is 24.3 Å². The lowest BCUT2D eigenvalue weighted by Crippen LogP contribution is -2.76. The van der Waals surface area contributed by atoms with E-state index in [1.165, 1.54) is 0 Å². The quantitative estimate of drug-likeness (QED) is 0.931. The van der Waals surface area contributed by atoms with E-state index in [-0.39, 0.29) is 17.0 Å². The molecule has 5 rings (SSSR count). The molecule has 118 valence electrons. The molecule has 0 amide bonds. The van der Waals surface area contributed by atoms with E-state index in [1.54, 1.807) is 6.07 Å². The van der Waals surface area contributed by atoms with Crippen LogP contribution in [-0.2, 0) is 4.79 Å². The lowest BCUT2D eigenvalue weighted by molar-refractivity contribution is -0.204. The van der Waals surface area contributed by atoms with Crippen molar-refractivity contribution in [2.75, 3.05) is 26.2 Å². The van der Waals surface area contributed by atoms with Gasteiger partial charge in [0.05, 0.1) is 17.0 Å². The first-order valence-electron chi connectivity index (χ1n) is 8.36. The van der Waals surface area contributed by atoms with Crippen molar-refractivity contribution in [3.05, 3.63) is 29.8 Å². The number of aromatic hydroxyl groups is 1. The van der Waals surface area contributed by atoms with Crippen molar-refractivity contribution in [3.63, 3.8) is 0 Å². The van der Waals surface area contributed by atoms with E-state index in [4.69, 9.17) is 0 Å². The Morgan fingerprint density at radius 3 is 2.00 bits per heavy atom. The first kappa shape index (κ1) is 14.2. The van der Waals surface area contributed by atoms with Crippen molar-refractivity contribution >= 4 is 5.78 Å². The van der Waals surface area contributed by atoms with E-state index in [0.717, 1.165) is 44.6 Å². The molecule has 0 aliphatic carbocycles. The van der Waals surface area contributed by atoms with Gasteiger partial charge in [0, 0.05) is 31.7 Å². The van der Waals surface area contributed by atoms with Crippen molar-refractivity contribution in [2.24, 2.45) is 10.8 Å². The number of benzene rings is 1. The normalized spacial score (nSPS) is 42.8. The molecular weight excluding hydrogens is 276 g/mol. The summed E-state index contributed by atoms with van der Waals surface area (Å²) < 4.78 is 0. The van der Waals surface area contributed by atoms with Crippen LogP contribution < -0.4 is 0 Å². The summed E-state index contributed by atoms with van der Waals surface area (Å²) in [4.78, 5) is 17.9. The molecule has 4 saturated heterocycles. The maximum atomic E-state index is 13.1. The second kappa shape index (κ2) is 4.56. The summed E-state index contributed by atoms with van der Waals surface area (Å²) in [5.74, 6) is 0.857. The predicted molar refractivity (Wildman–Crippen MR) is 84.4 cm³/mol. The Hall–Kier alpha value is -1.39. The van der Waals surface area contributed by atoms with E-state index in [0.29, 0.717) is 11.5 Å². The van der Waals surface area contributed by atoms with Crippen molar-refractivity contribution in [1.82, 2.24) is 9.80 Å². The number of ketones is 1. The Balaban J connectivity index is 1.78. The second-order valence-corrected chi connectivity index (χ2v) is 7.34. The standard InChI is InChI=1S/C18H24N2O2/c1-3-17-9-19-11-18(4-2,16(17)22)12-20(10-17)15(19)13-7-5-6-8-14(13)21/h5-8,15,21H,3-4,9-12H2,1-2H3. The number of Topliss-reactive ketones (excluding diaryl/α,β-unsaturated/α-hetero) is 1. The summed E-state index contributed by atoms with van der Waals surface area (Å²) in [6.07, 6.45) is 1.94. The number of rotatable bonds is 3. The van der Waals surface area contributed by atoms with Crippen LogP contribution in [0.25, 0.3) is 0 Å². The van der Waals surface area contributed by atoms with Gasteiger partial charge in [-0.05, 0) is 18.9 Å². The molecule has 0 unspecified atom stereocenters. The largest absolute Gasteiger partial charge is 0.508 e. The minimum absolute atomic E-state index is 0.119. The number of para-hydroxylation sites is 1. The van der Waals surface area contributed by atoms with Crippen LogP contribution in [0.5, 0.6) is 5.75 Å². The maximum Gasteiger partial charge on any atom is 0.150 e. The molecule has 4 aliphatic heterocycles. The van der Waals surface area contributed by atoms with Gasteiger partial charge in [0.2, 0.25) is 0 Å². The highest BCUT2D eigenvalue weighted by atomic mass is 16.3. The average molecular weight is 300 g/mol. The summed E-state index contributed by atoms with van der Waals surface area (Å²) in [6, 6.07) is 7.63. The minimum Gasteiger partial charge on any atom is -0.508 e. The number of phenols is 1. The zero-order chi connectivity index (χ0) is 15.5. The van der Waals surface area contributed by atoms with Gasteiger partial charge in [0.1, 0.15) is 11.5 Å². The molecule has 0 radical (unpaired) electrons. The van der Waals surface area contributed by atoms with Crippen molar-refractivity contribution in [1.29, 1.82) is 0 Å². The molecule has 0 saturated carbocycles. The van der Waals surface area contributed by atoms with Crippen LogP contribution in [0, 0.1) is 10.8 Å². The minimum atomic E-state index is -0.201. The molecule has 1 aromatic rings. The number of hydrogen-bond acceptors (Lipinski definition) is 4. The van der Waals surface area contributed by atoms with Gasteiger partial charge in [-0.25, -0.2) is 0 Å². The van der Waals surface area contributed by atoms with Crippen LogP contribution in [0.2, 0.25) is 0 Å². The van der Waals surface area contributed by atoms with Gasteiger partial charge >= 0.3 is 0 Å². The number of hydrogen-bond donors (Lipinski definition) is 1. The van der Waals surface area contributed by atoms with Crippen LogP contribution in [0.1, 0.15) is 38.4 Å². The van der Waals surface area contributed by atoms with Crippen LogP contribution >= 0.6 is 0 Å². The summed E-state index contributed by atoms with van der Waals surface area (Å²) in [5, 5.41) is 10.3. The molecular formula is C18H24N2O2. The summed E-state index contributed by atoms with van der Waals surface area (Å²) >= 11 is 0. The maximum absolute atomic E-state index is 13.1. The molecule has 4 nitrogen and oxygen atoms in total. The number of phenolic OH excluding ortho intramolecular Hbond substituents is 1.